The molecule has 3 aromatic carbocycles. The monoisotopic (exact) mass is 482 g/mol. The number of nitrogens with one attached hydrogen (secondary N) is 1. The van der Waals surface area contributed by atoms with Crippen LogP contribution >= 0.6 is 0 Å². The highest BCUT2D eigenvalue weighted by Crippen LogP contribution is 2.41. The highest BCUT2D eigenvalue weighted by Gasteiger charge is 2.24. The Kier molecular flexibility index (Phi) is 5.29. The van der Waals surface area contributed by atoms with E-state index in [0.29, 0.717) is 23.7 Å². The molecule has 0 spiro atoms. The zero-order valence-electron chi connectivity index (χ0n) is 19.8. The van der Waals surface area contributed by atoms with Crippen LogP contribution in [0, 0.1) is 5.82 Å². The Morgan fingerprint density at radius 3 is 2.75 bits per heavy atom. The Bertz CT molecular complexity index is 1710. The SMILES string of the molecule is CCc1nc2ccccc2n1Cc1ccc2c(c1)COc1cc(F)ccc1C2=C(C)c1noc(=O)[nH]1. The van der Waals surface area contributed by atoms with E-state index in [9.17, 15) is 9.18 Å². The summed E-state index contributed by atoms with van der Waals surface area (Å²) < 4.78 is 27.2. The quantitative estimate of drug-likeness (QED) is 0.374. The Morgan fingerprint density at radius 2 is 1.94 bits per heavy atom. The van der Waals surface area contributed by atoms with Crippen LogP contribution in [0.2, 0.25) is 0 Å². The van der Waals surface area contributed by atoms with Crippen molar-refractivity contribution in [3.63, 3.8) is 0 Å². The molecule has 0 fully saturated rings. The van der Waals surface area contributed by atoms with Gasteiger partial charge in [-0.2, -0.15) is 0 Å². The fraction of sp³-hybridized carbons (Fsp3) is 0.179. The number of ether oxygens (including phenoxy) is 1. The van der Waals surface area contributed by atoms with Crippen LogP contribution in [0.1, 0.15) is 47.8 Å². The summed E-state index contributed by atoms with van der Waals surface area (Å²) in [7, 11) is 0. The van der Waals surface area contributed by atoms with Gasteiger partial charge in [-0.1, -0.05) is 36.3 Å². The minimum atomic E-state index is -0.635. The van der Waals surface area contributed by atoms with Crippen LogP contribution in [-0.4, -0.2) is 19.7 Å². The number of benzene rings is 3. The predicted octanol–water partition coefficient (Wildman–Crippen LogP) is 5.33. The van der Waals surface area contributed by atoms with Crippen molar-refractivity contribution in [3.8, 4) is 5.75 Å². The first kappa shape index (κ1) is 22.0. The minimum Gasteiger partial charge on any atom is -0.488 e. The lowest BCUT2D eigenvalue weighted by atomic mass is 9.89. The first-order valence-electron chi connectivity index (χ1n) is 11.8. The van der Waals surface area contributed by atoms with Gasteiger partial charge < -0.3 is 9.30 Å². The van der Waals surface area contributed by atoms with Crippen LogP contribution in [0.5, 0.6) is 5.75 Å². The summed E-state index contributed by atoms with van der Waals surface area (Å²) in [6.07, 6.45) is 0.825. The lowest BCUT2D eigenvalue weighted by Crippen LogP contribution is -2.06. The third-order valence-corrected chi connectivity index (χ3v) is 6.60. The topological polar surface area (TPSA) is 85.9 Å². The third kappa shape index (κ3) is 3.71. The molecule has 3 heterocycles. The highest BCUT2D eigenvalue weighted by atomic mass is 19.1. The Morgan fingerprint density at radius 1 is 1.11 bits per heavy atom. The van der Waals surface area contributed by atoms with Gasteiger partial charge in [-0.15, -0.1) is 0 Å². The van der Waals surface area contributed by atoms with Crippen LogP contribution in [-0.2, 0) is 19.6 Å². The van der Waals surface area contributed by atoms with Crippen molar-refractivity contribution in [1.82, 2.24) is 19.7 Å². The molecular formula is C28H23FN4O3. The van der Waals surface area contributed by atoms with E-state index in [1.54, 1.807) is 6.07 Å². The first-order chi connectivity index (χ1) is 17.5. The second-order valence-corrected chi connectivity index (χ2v) is 8.82. The summed E-state index contributed by atoms with van der Waals surface area (Å²) in [4.78, 5) is 19.0. The van der Waals surface area contributed by atoms with E-state index in [2.05, 4.69) is 39.8 Å². The fourth-order valence-electron chi connectivity index (χ4n) is 4.90. The molecule has 0 atom stereocenters. The molecule has 0 unspecified atom stereocenters. The Balaban J connectivity index is 1.49. The van der Waals surface area contributed by atoms with Crippen LogP contribution in [0.25, 0.3) is 22.2 Å². The summed E-state index contributed by atoms with van der Waals surface area (Å²) in [6, 6.07) is 18.9. The van der Waals surface area contributed by atoms with Crippen LogP contribution in [0.3, 0.4) is 0 Å². The van der Waals surface area contributed by atoms with E-state index in [1.165, 1.54) is 12.1 Å². The smallest absolute Gasteiger partial charge is 0.439 e. The Labute approximate surface area is 205 Å². The lowest BCUT2D eigenvalue weighted by Gasteiger charge is -2.15. The molecule has 0 saturated heterocycles. The number of allylic oxidation sites excluding steroid dienone is 1. The van der Waals surface area contributed by atoms with E-state index < -0.39 is 5.76 Å². The molecule has 0 amide bonds. The highest BCUT2D eigenvalue weighted by molar-refractivity contribution is 5.99. The van der Waals surface area contributed by atoms with Gasteiger partial charge in [0.2, 0.25) is 0 Å². The molecule has 2 aromatic heterocycles. The number of rotatable bonds is 4. The maximum absolute atomic E-state index is 14.1. The summed E-state index contributed by atoms with van der Waals surface area (Å²) in [6.45, 7) is 4.89. The fourth-order valence-corrected chi connectivity index (χ4v) is 4.90. The molecule has 6 rings (SSSR count). The first-order valence-corrected chi connectivity index (χ1v) is 11.8. The molecule has 36 heavy (non-hydrogen) atoms. The number of imidazole rings is 1. The number of halogens is 1. The number of para-hydroxylation sites is 2. The van der Waals surface area contributed by atoms with Gasteiger partial charge in [0.15, 0.2) is 5.82 Å². The van der Waals surface area contributed by atoms with E-state index in [4.69, 9.17) is 14.2 Å². The van der Waals surface area contributed by atoms with Gasteiger partial charge in [-0.05, 0) is 59.5 Å². The molecule has 0 aliphatic carbocycles. The molecule has 0 saturated carbocycles. The van der Waals surface area contributed by atoms with Gasteiger partial charge in [0.25, 0.3) is 0 Å². The molecule has 0 bridgehead atoms. The van der Waals surface area contributed by atoms with Crippen LogP contribution < -0.4 is 10.5 Å². The van der Waals surface area contributed by atoms with Crippen molar-refractivity contribution in [1.29, 1.82) is 0 Å². The largest absolute Gasteiger partial charge is 0.488 e. The van der Waals surface area contributed by atoms with Gasteiger partial charge in [0.1, 0.15) is 24.0 Å². The van der Waals surface area contributed by atoms with E-state index >= 15 is 0 Å². The molecule has 180 valence electrons. The summed E-state index contributed by atoms with van der Waals surface area (Å²) >= 11 is 0. The predicted molar refractivity (Wildman–Crippen MR) is 134 cm³/mol. The van der Waals surface area contributed by atoms with E-state index in [1.807, 2.05) is 31.2 Å². The molecular weight excluding hydrogens is 459 g/mol. The van der Waals surface area contributed by atoms with Crippen molar-refractivity contribution >= 4 is 22.2 Å². The zero-order valence-corrected chi connectivity index (χ0v) is 19.8. The second-order valence-electron chi connectivity index (χ2n) is 8.82. The number of hydrogen-bond acceptors (Lipinski definition) is 5. The number of aromatic amines is 1. The summed E-state index contributed by atoms with van der Waals surface area (Å²) in [5.74, 6) is 0.758. The van der Waals surface area contributed by atoms with E-state index in [-0.39, 0.29) is 12.4 Å². The average molecular weight is 483 g/mol. The zero-order chi connectivity index (χ0) is 24.8. The molecule has 0 radical (unpaired) electrons. The molecule has 1 N–H and O–H groups in total. The molecule has 1 aliphatic rings. The van der Waals surface area contributed by atoms with Crippen molar-refractivity contribution in [2.45, 2.75) is 33.4 Å². The third-order valence-electron chi connectivity index (χ3n) is 6.60. The maximum Gasteiger partial charge on any atom is 0.439 e. The minimum absolute atomic E-state index is 0.275. The van der Waals surface area contributed by atoms with Crippen LogP contribution in [0.15, 0.2) is 70.0 Å². The van der Waals surface area contributed by atoms with E-state index in [0.717, 1.165) is 51.1 Å². The number of aromatic nitrogens is 4. The van der Waals surface area contributed by atoms with Gasteiger partial charge in [-0.3, -0.25) is 9.51 Å². The van der Waals surface area contributed by atoms with Gasteiger partial charge in [-0.25, -0.2) is 14.2 Å². The van der Waals surface area contributed by atoms with Crippen molar-refractivity contribution < 1.29 is 13.7 Å². The van der Waals surface area contributed by atoms with Gasteiger partial charge >= 0.3 is 5.76 Å². The van der Waals surface area contributed by atoms with Crippen molar-refractivity contribution in [2.24, 2.45) is 0 Å². The molecule has 1 aliphatic heterocycles. The lowest BCUT2D eigenvalue weighted by molar-refractivity contribution is 0.305. The number of fused-ring (bicyclic) bond motifs is 3. The second kappa shape index (κ2) is 8.64. The van der Waals surface area contributed by atoms with Crippen molar-refractivity contribution in [3.05, 3.63) is 111 Å². The van der Waals surface area contributed by atoms with Crippen LogP contribution in [0.4, 0.5) is 4.39 Å². The normalized spacial score (nSPS) is 14.2. The number of nitrogens with zero attached hydrogens (tertiary/aromatic N) is 3. The molecule has 7 nitrogen and oxygen atoms in total. The molecule has 5 aromatic rings. The number of H-pyrrole nitrogens is 1. The Hall–Kier alpha value is -4.46. The number of aryl methyl sites for hydroxylation is 1. The van der Waals surface area contributed by atoms with Crippen molar-refractivity contribution in [2.75, 3.05) is 0 Å². The van der Waals surface area contributed by atoms with Gasteiger partial charge in [0.05, 0.1) is 11.0 Å². The average Bonchev–Trinajstić information content (AvgIpc) is 3.43. The standard InChI is InChI=1S/C28H23FN4O3/c1-3-25-30-22-6-4-5-7-23(22)33(25)14-17-8-10-20-18(12-17)15-35-24-13-19(29)9-11-21(24)26(20)16(2)27-31-28(34)36-32-27/h4-13H,3,14-15H2,1-2H3,(H,31,32,34). The van der Waals surface area contributed by atoms with Gasteiger partial charge in [0, 0.05) is 30.2 Å². The molecule has 8 heteroatoms. The summed E-state index contributed by atoms with van der Waals surface area (Å²) in [5.41, 5.74) is 7.26. The number of hydrogen-bond donors (Lipinski definition) is 1. The summed E-state index contributed by atoms with van der Waals surface area (Å²) in [5, 5.41) is 3.87. The maximum atomic E-state index is 14.1.